The predicted molar refractivity (Wildman–Crippen MR) is 60.5 cm³/mol. The molecule has 1 N–H and O–H groups in total. The van der Waals surface area contributed by atoms with Crippen LogP contribution < -0.4 is 5.32 Å². The minimum absolute atomic E-state index is 0.649. The highest BCUT2D eigenvalue weighted by Crippen LogP contribution is 2.26. The average molecular weight is 189 g/mol. The van der Waals surface area contributed by atoms with Crippen LogP contribution in [0.25, 0.3) is 0 Å². The Morgan fingerprint density at radius 3 is 2.43 bits per heavy atom. The molecule has 0 saturated heterocycles. The van der Waals surface area contributed by atoms with Crippen LogP contribution in [0.1, 0.15) is 48.9 Å². The first-order chi connectivity index (χ1) is 6.72. The maximum Gasteiger partial charge on any atom is 0.0212 e. The molecule has 1 aromatic rings. The maximum absolute atomic E-state index is 3.41. The number of benzene rings is 1. The molecule has 1 aliphatic heterocycles. The lowest BCUT2D eigenvalue weighted by atomic mass is 9.92. The molecule has 0 radical (unpaired) electrons. The lowest BCUT2D eigenvalue weighted by molar-refractivity contribution is 0.764. The minimum atomic E-state index is 0.649. The Labute approximate surface area is 86.5 Å². The van der Waals surface area contributed by atoms with Crippen LogP contribution in [0.4, 0.5) is 0 Å². The first-order valence-electron chi connectivity index (χ1n) is 5.57. The van der Waals surface area contributed by atoms with E-state index >= 15 is 0 Å². The first kappa shape index (κ1) is 9.72. The molecule has 0 amide bonds. The summed E-state index contributed by atoms with van der Waals surface area (Å²) in [5.74, 6) is 0.649. The molecule has 0 aliphatic carbocycles. The van der Waals surface area contributed by atoms with Gasteiger partial charge in [0, 0.05) is 13.1 Å². The lowest BCUT2D eigenvalue weighted by Gasteiger charge is -2.13. The van der Waals surface area contributed by atoms with Crippen molar-refractivity contribution in [2.24, 2.45) is 0 Å². The standard InChI is InChI=1S/C13H19N/c1-4-10-5-11-7-14-8-12(11)6-13(10)9(2)3/h5-6,9,14H,4,7-8H2,1-3H3. The molecule has 0 aromatic heterocycles. The van der Waals surface area contributed by atoms with Crippen molar-refractivity contribution < 1.29 is 0 Å². The smallest absolute Gasteiger partial charge is 0.0212 e. The summed E-state index contributed by atoms with van der Waals surface area (Å²) in [5, 5.41) is 3.41. The SMILES string of the molecule is CCc1cc2c(cc1C(C)C)CNC2. The van der Waals surface area contributed by atoms with Crippen molar-refractivity contribution in [1.29, 1.82) is 0 Å². The number of nitrogens with one attached hydrogen (secondary N) is 1. The molecule has 14 heavy (non-hydrogen) atoms. The third kappa shape index (κ3) is 1.57. The molecule has 0 saturated carbocycles. The van der Waals surface area contributed by atoms with Gasteiger partial charge in [0.2, 0.25) is 0 Å². The van der Waals surface area contributed by atoms with Crippen molar-refractivity contribution in [1.82, 2.24) is 5.32 Å². The van der Waals surface area contributed by atoms with Gasteiger partial charge in [-0.1, -0.05) is 32.9 Å². The maximum atomic E-state index is 3.41. The first-order valence-corrected chi connectivity index (χ1v) is 5.57. The summed E-state index contributed by atoms with van der Waals surface area (Å²) >= 11 is 0. The van der Waals surface area contributed by atoms with Gasteiger partial charge in [0.05, 0.1) is 0 Å². The number of fused-ring (bicyclic) bond motifs is 1. The summed E-state index contributed by atoms with van der Waals surface area (Å²) in [5.41, 5.74) is 6.08. The molecular weight excluding hydrogens is 170 g/mol. The van der Waals surface area contributed by atoms with Gasteiger partial charge in [-0.15, -0.1) is 0 Å². The highest BCUT2D eigenvalue weighted by atomic mass is 14.9. The van der Waals surface area contributed by atoms with E-state index in [0.29, 0.717) is 5.92 Å². The number of hydrogen-bond acceptors (Lipinski definition) is 1. The van der Waals surface area contributed by atoms with Crippen LogP contribution in [0.3, 0.4) is 0 Å². The third-order valence-corrected chi connectivity index (χ3v) is 3.10. The van der Waals surface area contributed by atoms with E-state index in [-0.39, 0.29) is 0 Å². The van der Waals surface area contributed by atoms with Crippen LogP contribution in [-0.2, 0) is 19.5 Å². The fourth-order valence-corrected chi connectivity index (χ4v) is 2.26. The van der Waals surface area contributed by atoms with Gasteiger partial charge in [-0.25, -0.2) is 0 Å². The quantitative estimate of drug-likeness (QED) is 0.754. The molecule has 0 spiro atoms. The Morgan fingerprint density at radius 2 is 1.86 bits per heavy atom. The van der Waals surface area contributed by atoms with Crippen LogP contribution in [0.5, 0.6) is 0 Å². The topological polar surface area (TPSA) is 12.0 Å². The third-order valence-electron chi connectivity index (χ3n) is 3.10. The molecule has 1 heterocycles. The monoisotopic (exact) mass is 189 g/mol. The second-order valence-electron chi connectivity index (χ2n) is 4.43. The molecule has 0 atom stereocenters. The summed E-state index contributed by atoms with van der Waals surface area (Å²) in [6, 6.07) is 4.80. The fraction of sp³-hybridized carbons (Fsp3) is 0.538. The predicted octanol–water partition coefficient (Wildman–Crippen LogP) is 2.98. The van der Waals surface area contributed by atoms with Crippen molar-refractivity contribution in [3.8, 4) is 0 Å². The van der Waals surface area contributed by atoms with Crippen LogP contribution in [0.15, 0.2) is 12.1 Å². The lowest BCUT2D eigenvalue weighted by Crippen LogP contribution is -1.99. The number of aryl methyl sites for hydroxylation is 1. The number of rotatable bonds is 2. The Hall–Kier alpha value is -0.820. The molecule has 2 rings (SSSR count). The zero-order chi connectivity index (χ0) is 10.1. The molecule has 1 aromatic carbocycles. The molecule has 0 fully saturated rings. The van der Waals surface area contributed by atoms with E-state index in [1.165, 1.54) is 22.3 Å². The van der Waals surface area contributed by atoms with E-state index in [1.54, 1.807) is 0 Å². The largest absolute Gasteiger partial charge is 0.309 e. The van der Waals surface area contributed by atoms with Gasteiger partial charge in [-0.2, -0.15) is 0 Å². The summed E-state index contributed by atoms with van der Waals surface area (Å²) in [7, 11) is 0. The Balaban J connectivity index is 2.49. The fourth-order valence-electron chi connectivity index (χ4n) is 2.26. The molecule has 0 unspecified atom stereocenters. The second kappa shape index (κ2) is 3.74. The molecule has 1 nitrogen and oxygen atoms in total. The van der Waals surface area contributed by atoms with E-state index in [1.807, 2.05) is 0 Å². The number of hydrogen-bond donors (Lipinski definition) is 1. The highest BCUT2D eigenvalue weighted by Gasteiger charge is 2.14. The average Bonchev–Trinajstić information content (AvgIpc) is 2.62. The second-order valence-corrected chi connectivity index (χ2v) is 4.43. The van der Waals surface area contributed by atoms with Gasteiger partial charge in [0.15, 0.2) is 0 Å². The van der Waals surface area contributed by atoms with Gasteiger partial charge in [-0.05, 0) is 34.6 Å². The van der Waals surface area contributed by atoms with Gasteiger partial charge in [0.25, 0.3) is 0 Å². The van der Waals surface area contributed by atoms with Gasteiger partial charge < -0.3 is 5.32 Å². The van der Waals surface area contributed by atoms with E-state index in [2.05, 4.69) is 38.2 Å². The van der Waals surface area contributed by atoms with Crippen LogP contribution in [-0.4, -0.2) is 0 Å². The van der Waals surface area contributed by atoms with Crippen LogP contribution in [0, 0.1) is 0 Å². The van der Waals surface area contributed by atoms with E-state index in [9.17, 15) is 0 Å². The van der Waals surface area contributed by atoms with Crippen molar-refractivity contribution in [3.05, 3.63) is 34.4 Å². The molecule has 76 valence electrons. The van der Waals surface area contributed by atoms with E-state index in [4.69, 9.17) is 0 Å². The van der Waals surface area contributed by atoms with Crippen LogP contribution in [0.2, 0.25) is 0 Å². The van der Waals surface area contributed by atoms with Crippen molar-refractivity contribution in [3.63, 3.8) is 0 Å². The Morgan fingerprint density at radius 1 is 1.21 bits per heavy atom. The van der Waals surface area contributed by atoms with Crippen molar-refractivity contribution in [2.45, 2.75) is 46.2 Å². The summed E-state index contributed by atoms with van der Waals surface area (Å²) < 4.78 is 0. The zero-order valence-corrected chi connectivity index (χ0v) is 9.35. The molecule has 1 aliphatic rings. The summed E-state index contributed by atoms with van der Waals surface area (Å²) in [4.78, 5) is 0. The highest BCUT2D eigenvalue weighted by molar-refractivity contribution is 5.41. The summed E-state index contributed by atoms with van der Waals surface area (Å²) in [6.45, 7) is 8.92. The van der Waals surface area contributed by atoms with Gasteiger partial charge in [-0.3, -0.25) is 0 Å². The zero-order valence-electron chi connectivity index (χ0n) is 9.35. The minimum Gasteiger partial charge on any atom is -0.309 e. The molecule has 0 bridgehead atoms. The van der Waals surface area contributed by atoms with E-state index in [0.717, 1.165) is 19.5 Å². The van der Waals surface area contributed by atoms with Gasteiger partial charge >= 0.3 is 0 Å². The van der Waals surface area contributed by atoms with Crippen LogP contribution >= 0.6 is 0 Å². The molecular formula is C13H19N. The Kier molecular flexibility index (Phi) is 2.60. The van der Waals surface area contributed by atoms with E-state index < -0.39 is 0 Å². The van der Waals surface area contributed by atoms with Crippen molar-refractivity contribution in [2.75, 3.05) is 0 Å². The summed E-state index contributed by atoms with van der Waals surface area (Å²) in [6.07, 6.45) is 1.15. The van der Waals surface area contributed by atoms with Crippen molar-refractivity contribution >= 4 is 0 Å². The van der Waals surface area contributed by atoms with Gasteiger partial charge in [0.1, 0.15) is 0 Å². The normalized spacial score (nSPS) is 14.9. The molecule has 1 heteroatoms. The Bertz CT molecular complexity index is 339.